The molecule has 0 radical (unpaired) electrons. The van der Waals surface area contributed by atoms with E-state index in [9.17, 15) is 0 Å². The van der Waals surface area contributed by atoms with Crippen LogP contribution in [0.5, 0.6) is 0 Å². The highest BCUT2D eigenvalue weighted by Crippen LogP contribution is 2.30. The first-order valence-electron chi connectivity index (χ1n) is 6.09. The van der Waals surface area contributed by atoms with Crippen molar-refractivity contribution in [3.8, 4) is 0 Å². The van der Waals surface area contributed by atoms with Crippen molar-refractivity contribution >= 4 is 28.7 Å². The summed E-state index contributed by atoms with van der Waals surface area (Å²) in [7, 11) is 2.14. The predicted octanol–water partition coefficient (Wildman–Crippen LogP) is 4.08. The van der Waals surface area contributed by atoms with E-state index < -0.39 is 0 Å². The summed E-state index contributed by atoms with van der Waals surface area (Å²) in [6, 6.07) is 14.3. The highest BCUT2D eigenvalue weighted by atomic mass is 35.5. The molecule has 1 heterocycles. The van der Waals surface area contributed by atoms with E-state index in [1.807, 2.05) is 24.3 Å². The Morgan fingerprint density at radius 1 is 1.06 bits per heavy atom. The van der Waals surface area contributed by atoms with Gasteiger partial charge in [0.2, 0.25) is 0 Å². The zero-order valence-corrected chi connectivity index (χ0v) is 11.0. The van der Waals surface area contributed by atoms with Crippen molar-refractivity contribution in [3.05, 3.63) is 53.1 Å². The molecule has 0 bridgehead atoms. The maximum absolute atomic E-state index is 5.87. The number of hydrogen-bond acceptors (Lipinski definition) is 2. The van der Waals surface area contributed by atoms with Gasteiger partial charge >= 0.3 is 0 Å². The second-order valence-electron chi connectivity index (χ2n) is 4.65. The molecule has 2 aromatic carbocycles. The third-order valence-electron chi connectivity index (χ3n) is 3.34. The molecule has 0 atom stereocenters. The van der Waals surface area contributed by atoms with Crippen LogP contribution in [0.4, 0.5) is 17.1 Å². The number of likely N-dealkylation sites (N-methyl/N-ethyl adjacent to an activating group) is 1. The summed E-state index contributed by atoms with van der Waals surface area (Å²) >= 11 is 5.87. The van der Waals surface area contributed by atoms with Crippen LogP contribution < -0.4 is 10.2 Å². The molecular weight excluding hydrogens is 244 g/mol. The van der Waals surface area contributed by atoms with Crippen LogP contribution in [0.15, 0.2) is 42.5 Å². The van der Waals surface area contributed by atoms with Crippen molar-refractivity contribution in [2.24, 2.45) is 0 Å². The Morgan fingerprint density at radius 3 is 2.56 bits per heavy atom. The molecule has 92 valence electrons. The second-order valence-corrected chi connectivity index (χ2v) is 5.08. The lowest BCUT2D eigenvalue weighted by Gasteiger charge is -2.13. The molecule has 2 nitrogen and oxygen atoms in total. The maximum Gasteiger partial charge on any atom is 0.0407 e. The molecule has 0 fully saturated rings. The summed E-state index contributed by atoms with van der Waals surface area (Å²) in [5, 5.41) is 4.16. The molecule has 0 saturated heterocycles. The van der Waals surface area contributed by atoms with Gasteiger partial charge in [-0.25, -0.2) is 0 Å². The van der Waals surface area contributed by atoms with Crippen LogP contribution >= 0.6 is 11.6 Å². The quantitative estimate of drug-likeness (QED) is 0.873. The first-order valence-corrected chi connectivity index (χ1v) is 6.47. The molecule has 18 heavy (non-hydrogen) atoms. The molecule has 2 aromatic rings. The highest BCUT2D eigenvalue weighted by molar-refractivity contribution is 6.30. The minimum Gasteiger partial charge on any atom is -0.374 e. The zero-order valence-electron chi connectivity index (χ0n) is 10.3. The van der Waals surface area contributed by atoms with Gasteiger partial charge in [0.15, 0.2) is 0 Å². The summed E-state index contributed by atoms with van der Waals surface area (Å²) < 4.78 is 0. The average molecular weight is 259 g/mol. The Balaban J connectivity index is 1.84. The fraction of sp³-hybridized carbons (Fsp3) is 0.200. The standard InChI is InChI=1S/C15H15ClN2/c1-18-9-8-11-10-14(6-7-15(11)18)17-13-4-2-12(16)3-5-13/h2-7,10,17H,8-9H2,1H3. The van der Waals surface area contributed by atoms with Crippen LogP contribution in [0, 0.1) is 0 Å². The number of halogens is 1. The van der Waals surface area contributed by atoms with Gasteiger partial charge < -0.3 is 10.2 Å². The van der Waals surface area contributed by atoms with Gasteiger partial charge in [-0.2, -0.15) is 0 Å². The van der Waals surface area contributed by atoms with Crippen molar-refractivity contribution < 1.29 is 0 Å². The molecule has 1 N–H and O–H groups in total. The molecule has 0 amide bonds. The molecule has 0 aromatic heterocycles. The molecule has 0 saturated carbocycles. The van der Waals surface area contributed by atoms with Crippen molar-refractivity contribution in [1.82, 2.24) is 0 Å². The van der Waals surface area contributed by atoms with E-state index in [-0.39, 0.29) is 0 Å². The van der Waals surface area contributed by atoms with Crippen molar-refractivity contribution in [1.29, 1.82) is 0 Å². The highest BCUT2D eigenvalue weighted by Gasteiger charge is 2.15. The number of rotatable bonds is 2. The van der Waals surface area contributed by atoms with Crippen molar-refractivity contribution in [3.63, 3.8) is 0 Å². The summed E-state index contributed by atoms with van der Waals surface area (Å²) in [4.78, 5) is 2.29. The number of anilines is 3. The van der Waals surface area contributed by atoms with Crippen LogP contribution in [0.2, 0.25) is 5.02 Å². The smallest absolute Gasteiger partial charge is 0.0407 e. The van der Waals surface area contributed by atoms with Gasteiger partial charge in [0, 0.05) is 35.7 Å². The molecular formula is C15H15ClN2. The number of hydrogen-bond donors (Lipinski definition) is 1. The third-order valence-corrected chi connectivity index (χ3v) is 3.59. The number of nitrogens with zero attached hydrogens (tertiary/aromatic N) is 1. The van der Waals surface area contributed by atoms with Gasteiger partial charge in [0.1, 0.15) is 0 Å². The van der Waals surface area contributed by atoms with Crippen molar-refractivity contribution in [2.75, 3.05) is 23.8 Å². The minimum absolute atomic E-state index is 0.760. The number of fused-ring (bicyclic) bond motifs is 1. The Bertz CT molecular complexity index is 563. The van der Waals surface area contributed by atoms with Crippen LogP contribution in [0.3, 0.4) is 0 Å². The van der Waals surface area contributed by atoms with E-state index in [2.05, 4.69) is 35.5 Å². The molecule has 3 heteroatoms. The van der Waals surface area contributed by atoms with Gasteiger partial charge in [0.05, 0.1) is 0 Å². The molecule has 0 unspecified atom stereocenters. The van der Waals surface area contributed by atoms with E-state index in [1.54, 1.807) is 0 Å². The fourth-order valence-corrected chi connectivity index (χ4v) is 2.47. The lowest BCUT2D eigenvalue weighted by Crippen LogP contribution is -2.12. The van der Waals surface area contributed by atoms with E-state index in [1.165, 1.54) is 11.3 Å². The van der Waals surface area contributed by atoms with E-state index >= 15 is 0 Å². The van der Waals surface area contributed by atoms with Crippen LogP contribution in [0.1, 0.15) is 5.56 Å². The monoisotopic (exact) mass is 258 g/mol. The molecule has 1 aliphatic rings. The minimum atomic E-state index is 0.760. The average Bonchev–Trinajstić information content (AvgIpc) is 2.74. The van der Waals surface area contributed by atoms with Gasteiger partial charge in [0.25, 0.3) is 0 Å². The Labute approximate surface area is 112 Å². The SMILES string of the molecule is CN1CCc2cc(Nc3ccc(Cl)cc3)ccc21. The van der Waals surface area contributed by atoms with E-state index in [4.69, 9.17) is 11.6 Å². The van der Waals surface area contributed by atoms with E-state index in [0.29, 0.717) is 0 Å². The Hall–Kier alpha value is -1.67. The molecule has 3 rings (SSSR count). The normalized spacial score (nSPS) is 13.6. The first-order chi connectivity index (χ1) is 8.72. The summed E-state index contributed by atoms with van der Waals surface area (Å²) in [5.74, 6) is 0. The summed E-state index contributed by atoms with van der Waals surface area (Å²) in [5.41, 5.74) is 4.95. The van der Waals surface area contributed by atoms with E-state index in [0.717, 1.165) is 29.4 Å². The number of nitrogens with one attached hydrogen (secondary N) is 1. The first kappa shape index (κ1) is 11.4. The maximum atomic E-state index is 5.87. The largest absolute Gasteiger partial charge is 0.374 e. The lowest BCUT2D eigenvalue weighted by atomic mass is 10.1. The second kappa shape index (κ2) is 4.54. The Kier molecular flexibility index (Phi) is 2.88. The predicted molar refractivity (Wildman–Crippen MR) is 78.2 cm³/mol. The zero-order chi connectivity index (χ0) is 12.5. The topological polar surface area (TPSA) is 15.3 Å². The third kappa shape index (κ3) is 2.16. The summed E-state index contributed by atoms with van der Waals surface area (Å²) in [6.07, 6.45) is 1.13. The Morgan fingerprint density at radius 2 is 1.78 bits per heavy atom. The van der Waals surface area contributed by atoms with Gasteiger partial charge in [-0.05, 0) is 54.4 Å². The number of benzene rings is 2. The fourth-order valence-electron chi connectivity index (χ4n) is 2.34. The lowest BCUT2D eigenvalue weighted by molar-refractivity contribution is 0.956. The molecule has 0 spiro atoms. The van der Waals surface area contributed by atoms with Crippen LogP contribution in [-0.4, -0.2) is 13.6 Å². The molecule has 0 aliphatic carbocycles. The van der Waals surface area contributed by atoms with Gasteiger partial charge in [-0.15, -0.1) is 0 Å². The van der Waals surface area contributed by atoms with Crippen molar-refractivity contribution in [2.45, 2.75) is 6.42 Å². The van der Waals surface area contributed by atoms with Gasteiger partial charge in [-0.1, -0.05) is 11.6 Å². The molecule has 1 aliphatic heterocycles. The van der Waals surface area contributed by atoms with Crippen LogP contribution in [-0.2, 0) is 6.42 Å². The van der Waals surface area contributed by atoms with Gasteiger partial charge in [-0.3, -0.25) is 0 Å². The van der Waals surface area contributed by atoms with Crippen LogP contribution in [0.25, 0.3) is 0 Å². The summed E-state index contributed by atoms with van der Waals surface area (Å²) in [6.45, 7) is 1.11.